The van der Waals surface area contributed by atoms with Crippen molar-refractivity contribution in [3.8, 4) is 0 Å². The summed E-state index contributed by atoms with van der Waals surface area (Å²) in [7, 11) is 0. The van der Waals surface area contributed by atoms with Gasteiger partial charge in [-0.3, -0.25) is 14.9 Å². The average Bonchev–Trinajstić information content (AvgIpc) is 2.84. The molecular formula is C16H18N4O3. The van der Waals surface area contributed by atoms with Crippen molar-refractivity contribution in [1.82, 2.24) is 15.3 Å². The Morgan fingerprint density at radius 1 is 1.35 bits per heavy atom. The lowest BCUT2D eigenvalue weighted by atomic mass is 9.92. The van der Waals surface area contributed by atoms with Crippen LogP contribution in [0.15, 0.2) is 48.7 Å². The van der Waals surface area contributed by atoms with E-state index < -0.39 is 24.1 Å². The molecule has 1 fully saturated rings. The molecule has 3 N–H and O–H groups in total. The van der Waals surface area contributed by atoms with Crippen LogP contribution in [-0.4, -0.2) is 45.1 Å². The molecule has 0 bridgehead atoms. The number of carbonyl (C=O) groups excluding carboxylic acids is 2. The normalized spacial score (nSPS) is 28.7. The van der Waals surface area contributed by atoms with Crippen molar-refractivity contribution < 1.29 is 14.7 Å². The van der Waals surface area contributed by atoms with Crippen LogP contribution in [0.5, 0.6) is 0 Å². The second-order valence-corrected chi connectivity index (χ2v) is 5.45. The van der Waals surface area contributed by atoms with Crippen molar-refractivity contribution >= 4 is 17.6 Å². The average molecular weight is 314 g/mol. The number of nitrogens with zero attached hydrogens (tertiary/aromatic N) is 2. The molecule has 1 saturated heterocycles. The summed E-state index contributed by atoms with van der Waals surface area (Å²) in [5, 5.41) is 14.3. The van der Waals surface area contributed by atoms with E-state index in [1.807, 2.05) is 6.07 Å². The molecule has 1 aromatic heterocycles. The van der Waals surface area contributed by atoms with Gasteiger partial charge in [0.1, 0.15) is 11.9 Å². The topological polar surface area (TPSA) is 94.6 Å². The number of aliphatic hydroxyl groups is 1. The Labute approximate surface area is 133 Å². The van der Waals surface area contributed by atoms with E-state index in [9.17, 15) is 14.7 Å². The van der Waals surface area contributed by atoms with Gasteiger partial charge in [0.05, 0.1) is 18.1 Å². The molecule has 3 heterocycles. The highest BCUT2D eigenvalue weighted by molar-refractivity contribution is 6.08. The fourth-order valence-electron chi connectivity index (χ4n) is 2.88. The summed E-state index contributed by atoms with van der Waals surface area (Å²) in [6.45, 7) is 1.81. The molecule has 7 nitrogen and oxygen atoms in total. The SMILES string of the molecule is CC=CC(O)C1C=CC2C(=O)NC(=O)C2N1Nc1ccccn1. The van der Waals surface area contributed by atoms with E-state index >= 15 is 0 Å². The number of carbonyl (C=O) groups is 2. The minimum Gasteiger partial charge on any atom is -0.387 e. The van der Waals surface area contributed by atoms with Crippen LogP contribution >= 0.6 is 0 Å². The molecule has 4 unspecified atom stereocenters. The number of aliphatic hydroxyl groups excluding tert-OH is 1. The second kappa shape index (κ2) is 6.31. The second-order valence-electron chi connectivity index (χ2n) is 5.45. The van der Waals surface area contributed by atoms with Gasteiger partial charge in [0.25, 0.3) is 0 Å². The Morgan fingerprint density at radius 3 is 2.87 bits per heavy atom. The lowest BCUT2D eigenvalue weighted by Gasteiger charge is -2.39. The predicted molar refractivity (Wildman–Crippen MR) is 83.9 cm³/mol. The zero-order valence-corrected chi connectivity index (χ0v) is 12.6. The lowest BCUT2D eigenvalue weighted by molar-refractivity contribution is -0.126. The largest absolute Gasteiger partial charge is 0.387 e. The number of fused-ring (bicyclic) bond motifs is 1. The highest BCUT2D eigenvalue weighted by atomic mass is 16.3. The summed E-state index contributed by atoms with van der Waals surface area (Å²) in [6, 6.07) is 4.12. The Kier molecular flexibility index (Phi) is 4.22. The quantitative estimate of drug-likeness (QED) is 0.544. The lowest BCUT2D eigenvalue weighted by Crippen LogP contribution is -2.57. The van der Waals surface area contributed by atoms with Crippen molar-refractivity contribution in [2.24, 2.45) is 5.92 Å². The number of imide groups is 1. The zero-order valence-electron chi connectivity index (χ0n) is 12.6. The van der Waals surface area contributed by atoms with Crippen molar-refractivity contribution in [3.05, 3.63) is 48.7 Å². The van der Waals surface area contributed by atoms with Crippen molar-refractivity contribution in [2.75, 3.05) is 5.43 Å². The summed E-state index contributed by atoms with van der Waals surface area (Å²) < 4.78 is 0. The Morgan fingerprint density at radius 2 is 2.17 bits per heavy atom. The Bertz CT molecular complexity index is 659. The van der Waals surface area contributed by atoms with Crippen LogP contribution < -0.4 is 10.7 Å². The van der Waals surface area contributed by atoms with E-state index in [4.69, 9.17) is 0 Å². The molecule has 2 amide bonds. The first-order valence-corrected chi connectivity index (χ1v) is 7.41. The van der Waals surface area contributed by atoms with Gasteiger partial charge < -0.3 is 10.5 Å². The number of anilines is 1. The standard InChI is InChI=1S/C16H18N4O3/c1-2-5-12(21)11-8-7-10-14(16(23)18-15(10)22)20(11)19-13-6-3-4-9-17-13/h2-12,14,21H,1H3,(H,17,19)(H,18,22,23). The summed E-state index contributed by atoms with van der Waals surface area (Å²) in [6.07, 6.45) is 7.59. The zero-order chi connectivity index (χ0) is 16.4. The maximum atomic E-state index is 12.2. The highest BCUT2D eigenvalue weighted by Crippen LogP contribution is 2.29. The number of allylic oxidation sites excluding steroid dienone is 1. The van der Waals surface area contributed by atoms with Crippen LogP contribution in [0.25, 0.3) is 0 Å². The van der Waals surface area contributed by atoms with E-state index in [1.54, 1.807) is 54.6 Å². The molecule has 7 heteroatoms. The molecule has 2 aliphatic heterocycles. The summed E-state index contributed by atoms with van der Waals surface area (Å²) >= 11 is 0. The molecule has 4 atom stereocenters. The number of nitrogens with one attached hydrogen (secondary N) is 2. The van der Waals surface area contributed by atoms with Gasteiger partial charge in [0, 0.05) is 6.20 Å². The first-order valence-electron chi connectivity index (χ1n) is 7.41. The third-order valence-corrected chi connectivity index (χ3v) is 3.94. The Hall–Kier alpha value is -2.51. The van der Waals surface area contributed by atoms with E-state index in [-0.39, 0.29) is 11.8 Å². The summed E-state index contributed by atoms with van der Waals surface area (Å²) in [5.74, 6) is -0.757. The number of hydrogen-bond donors (Lipinski definition) is 3. The predicted octanol–water partition coefficient (Wildman–Crippen LogP) is 0.227. The van der Waals surface area contributed by atoms with Crippen LogP contribution in [0, 0.1) is 5.92 Å². The van der Waals surface area contributed by atoms with E-state index in [0.29, 0.717) is 5.82 Å². The molecule has 3 rings (SSSR count). The fourth-order valence-corrected chi connectivity index (χ4v) is 2.88. The molecule has 23 heavy (non-hydrogen) atoms. The van der Waals surface area contributed by atoms with Gasteiger partial charge >= 0.3 is 0 Å². The molecule has 0 aliphatic carbocycles. The molecule has 0 radical (unpaired) electrons. The van der Waals surface area contributed by atoms with Crippen LogP contribution in [-0.2, 0) is 9.59 Å². The summed E-state index contributed by atoms with van der Waals surface area (Å²) in [4.78, 5) is 28.2. The van der Waals surface area contributed by atoms with Crippen molar-refractivity contribution in [1.29, 1.82) is 0 Å². The number of hydrogen-bond acceptors (Lipinski definition) is 6. The van der Waals surface area contributed by atoms with E-state index in [0.717, 1.165) is 0 Å². The number of amides is 2. The molecule has 0 aromatic carbocycles. The molecule has 120 valence electrons. The Balaban J connectivity index is 1.95. The number of pyridine rings is 1. The van der Waals surface area contributed by atoms with Crippen LogP contribution in [0.4, 0.5) is 5.82 Å². The third-order valence-electron chi connectivity index (χ3n) is 3.94. The van der Waals surface area contributed by atoms with E-state index in [2.05, 4.69) is 15.7 Å². The number of hydrazine groups is 1. The van der Waals surface area contributed by atoms with Gasteiger partial charge in [-0.2, -0.15) is 5.01 Å². The van der Waals surface area contributed by atoms with Gasteiger partial charge in [0.15, 0.2) is 0 Å². The third kappa shape index (κ3) is 2.88. The van der Waals surface area contributed by atoms with Crippen LogP contribution in [0.2, 0.25) is 0 Å². The number of aromatic nitrogens is 1. The maximum absolute atomic E-state index is 12.2. The minimum atomic E-state index is -0.822. The van der Waals surface area contributed by atoms with Crippen molar-refractivity contribution in [3.63, 3.8) is 0 Å². The molecular weight excluding hydrogens is 296 g/mol. The van der Waals surface area contributed by atoms with Gasteiger partial charge in [0.2, 0.25) is 11.8 Å². The smallest absolute Gasteiger partial charge is 0.246 e. The fraction of sp³-hybridized carbons (Fsp3) is 0.312. The number of rotatable bonds is 4. The molecule has 0 spiro atoms. The monoisotopic (exact) mass is 314 g/mol. The molecule has 1 aromatic rings. The van der Waals surface area contributed by atoms with Gasteiger partial charge in [-0.05, 0) is 19.1 Å². The highest BCUT2D eigenvalue weighted by Gasteiger charge is 2.49. The van der Waals surface area contributed by atoms with E-state index in [1.165, 1.54) is 0 Å². The maximum Gasteiger partial charge on any atom is 0.246 e. The van der Waals surface area contributed by atoms with Gasteiger partial charge in [-0.25, -0.2) is 4.98 Å². The first kappa shape index (κ1) is 15.4. The minimum absolute atomic E-state index is 0.331. The van der Waals surface area contributed by atoms with Crippen LogP contribution in [0.3, 0.4) is 0 Å². The van der Waals surface area contributed by atoms with Gasteiger partial charge in [-0.15, -0.1) is 0 Å². The van der Waals surface area contributed by atoms with Crippen LogP contribution in [0.1, 0.15) is 6.92 Å². The van der Waals surface area contributed by atoms with Crippen molar-refractivity contribution in [2.45, 2.75) is 25.1 Å². The molecule has 0 saturated carbocycles. The van der Waals surface area contributed by atoms with Gasteiger partial charge in [-0.1, -0.05) is 30.4 Å². The summed E-state index contributed by atoms with van der Waals surface area (Å²) in [5.41, 5.74) is 3.06. The first-order chi connectivity index (χ1) is 11.1. The molecule has 2 aliphatic rings.